The highest BCUT2D eigenvalue weighted by Gasteiger charge is 2.27. The zero-order chi connectivity index (χ0) is 13.1. The maximum Gasteiger partial charge on any atom is 0.277 e. The molecular weight excluding hydrogens is 250 g/mol. The van der Waals surface area contributed by atoms with Crippen molar-refractivity contribution >= 4 is 17.5 Å². The molecule has 0 unspecified atom stereocenters. The summed E-state index contributed by atoms with van der Waals surface area (Å²) in [4.78, 5) is 11.6. The molecule has 1 rings (SSSR count). The van der Waals surface area contributed by atoms with Crippen LogP contribution in [0.3, 0.4) is 0 Å². The molecular formula is C11H13ClF2N2O. The molecule has 0 bridgehead atoms. The Morgan fingerprint density at radius 2 is 2.18 bits per heavy atom. The Morgan fingerprint density at radius 3 is 2.76 bits per heavy atom. The third kappa shape index (κ3) is 3.64. The number of hydrogen-bond donors (Lipinski definition) is 2. The predicted octanol–water partition coefficient (Wildman–Crippen LogP) is 1.97. The maximum atomic E-state index is 12.8. The smallest absolute Gasteiger partial charge is 0.277 e. The summed E-state index contributed by atoms with van der Waals surface area (Å²) in [5, 5.41) is 2.55. The van der Waals surface area contributed by atoms with Crippen LogP contribution >= 0.6 is 11.6 Å². The van der Waals surface area contributed by atoms with E-state index in [1.165, 1.54) is 6.07 Å². The highest BCUT2D eigenvalue weighted by Crippen LogP contribution is 2.18. The fourth-order valence-electron chi connectivity index (χ4n) is 1.23. The average Bonchev–Trinajstić information content (AvgIpc) is 2.30. The van der Waals surface area contributed by atoms with Gasteiger partial charge in [-0.05, 0) is 24.6 Å². The normalized spacial score (nSPS) is 11.4. The molecule has 1 aromatic rings. The molecule has 0 heterocycles. The van der Waals surface area contributed by atoms with E-state index in [2.05, 4.69) is 5.32 Å². The lowest BCUT2D eigenvalue weighted by atomic mass is 10.1. The second kappa shape index (κ2) is 5.42. The minimum absolute atomic E-state index is 0.283. The van der Waals surface area contributed by atoms with E-state index in [4.69, 9.17) is 17.3 Å². The van der Waals surface area contributed by atoms with E-state index in [1.54, 1.807) is 19.1 Å². The number of amides is 1. The van der Waals surface area contributed by atoms with E-state index in [0.717, 1.165) is 0 Å². The summed E-state index contributed by atoms with van der Waals surface area (Å²) >= 11 is 5.83. The van der Waals surface area contributed by atoms with E-state index < -0.39 is 24.9 Å². The Bertz CT molecular complexity index is 424. The van der Waals surface area contributed by atoms with Crippen LogP contribution in [0.1, 0.15) is 15.9 Å². The molecule has 17 heavy (non-hydrogen) atoms. The molecule has 94 valence electrons. The van der Waals surface area contributed by atoms with Gasteiger partial charge in [0.15, 0.2) is 0 Å². The molecule has 0 spiro atoms. The summed E-state index contributed by atoms with van der Waals surface area (Å²) < 4.78 is 25.7. The van der Waals surface area contributed by atoms with Crippen molar-refractivity contribution in [2.45, 2.75) is 12.8 Å². The van der Waals surface area contributed by atoms with E-state index in [0.29, 0.717) is 10.6 Å². The molecule has 6 heteroatoms. The molecule has 0 fully saturated rings. The molecule has 1 amide bonds. The van der Waals surface area contributed by atoms with Crippen LogP contribution in [-0.4, -0.2) is 24.9 Å². The van der Waals surface area contributed by atoms with Crippen LogP contribution in [0.15, 0.2) is 18.2 Å². The minimum atomic E-state index is -3.10. The third-order valence-electron chi connectivity index (χ3n) is 2.32. The van der Waals surface area contributed by atoms with Gasteiger partial charge in [-0.3, -0.25) is 4.79 Å². The van der Waals surface area contributed by atoms with Crippen molar-refractivity contribution in [3.8, 4) is 0 Å². The van der Waals surface area contributed by atoms with E-state index in [1.807, 2.05) is 0 Å². The topological polar surface area (TPSA) is 55.1 Å². The number of nitrogens with two attached hydrogens (primary N) is 1. The summed E-state index contributed by atoms with van der Waals surface area (Å²) in [6.07, 6.45) is 0. The molecule has 0 atom stereocenters. The number of halogens is 3. The number of benzene rings is 1. The Morgan fingerprint density at radius 1 is 1.53 bits per heavy atom. The third-order valence-corrected chi connectivity index (χ3v) is 2.73. The number of rotatable bonds is 4. The van der Waals surface area contributed by atoms with Gasteiger partial charge in [0, 0.05) is 10.6 Å². The monoisotopic (exact) mass is 262 g/mol. The predicted molar refractivity (Wildman–Crippen MR) is 62.5 cm³/mol. The minimum Gasteiger partial charge on any atom is -0.346 e. The first-order valence-corrected chi connectivity index (χ1v) is 5.36. The largest absolute Gasteiger partial charge is 0.346 e. The molecule has 0 aliphatic rings. The lowest BCUT2D eigenvalue weighted by molar-refractivity contribution is 0.0118. The molecule has 0 aromatic heterocycles. The highest BCUT2D eigenvalue weighted by molar-refractivity contribution is 6.31. The summed E-state index contributed by atoms with van der Waals surface area (Å²) in [5.41, 5.74) is 5.70. The van der Waals surface area contributed by atoms with Crippen molar-refractivity contribution < 1.29 is 13.6 Å². The zero-order valence-corrected chi connectivity index (χ0v) is 10.0. The number of carbonyl (C=O) groups is 1. The van der Waals surface area contributed by atoms with Crippen LogP contribution in [0, 0.1) is 6.92 Å². The standard InChI is InChI=1S/C11H13ClF2N2O/c1-7-8(3-2-4-9(7)12)10(17)16-6-11(13,14)5-15/h2-4H,5-6,15H2,1H3,(H,16,17). The van der Waals surface area contributed by atoms with Gasteiger partial charge in [-0.15, -0.1) is 0 Å². The van der Waals surface area contributed by atoms with Gasteiger partial charge in [0.05, 0.1) is 13.1 Å². The molecule has 1 aromatic carbocycles. The Kier molecular flexibility index (Phi) is 4.42. The zero-order valence-electron chi connectivity index (χ0n) is 9.27. The quantitative estimate of drug-likeness (QED) is 0.872. The van der Waals surface area contributed by atoms with Crippen LogP contribution in [0.2, 0.25) is 5.02 Å². The maximum absolute atomic E-state index is 12.8. The SMILES string of the molecule is Cc1c(Cl)cccc1C(=O)NCC(F)(F)CN. The van der Waals surface area contributed by atoms with Crippen LogP contribution in [-0.2, 0) is 0 Å². The fraction of sp³-hybridized carbons (Fsp3) is 0.364. The fourth-order valence-corrected chi connectivity index (χ4v) is 1.40. The summed E-state index contributed by atoms with van der Waals surface area (Å²) in [7, 11) is 0. The van der Waals surface area contributed by atoms with Crippen molar-refractivity contribution in [3.05, 3.63) is 34.3 Å². The van der Waals surface area contributed by atoms with E-state index in [9.17, 15) is 13.6 Å². The van der Waals surface area contributed by atoms with Gasteiger partial charge in [-0.2, -0.15) is 0 Å². The van der Waals surface area contributed by atoms with Crippen molar-refractivity contribution in [1.29, 1.82) is 0 Å². The van der Waals surface area contributed by atoms with Gasteiger partial charge in [0.1, 0.15) is 0 Å². The number of hydrogen-bond acceptors (Lipinski definition) is 2. The van der Waals surface area contributed by atoms with Gasteiger partial charge < -0.3 is 11.1 Å². The molecule has 0 aliphatic carbocycles. The van der Waals surface area contributed by atoms with Gasteiger partial charge in [-0.1, -0.05) is 17.7 Å². The summed E-state index contributed by atoms with van der Waals surface area (Å²) in [6, 6.07) is 4.74. The average molecular weight is 263 g/mol. The van der Waals surface area contributed by atoms with Crippen LogP contribution < -0.4 is 11.1 Å². The number of carbonyl (C=O) groups excluding carboxylic acids is 1. The summed E-state index contributed by atoms with van der Waals surface area (Å²) in [6.45, 7) is 0.0639. The second-order valence-electron chi connectivity index (χ2n) is 3.66. The highest BCUT2D eigenvalue weighted by atomic mass is 35.5. The molecule has 0 radical (unpaired) electrons. The van der Waals surface area contributed by atoms with Crippen molar-refractivity contribution in [2.24, 2.45) is 5.73 Å². The molecule has 3 N–H and O–H groups in total. The first-order valence-electron chi connectivity index (χ1n) is 4.98. The van der Waals surface area contributed by atoms with Crippen molar-refractivity contribution in [2.75, 3.05) is 13.1 Å². The Hall–Kier alpha value is -1.20. The number of alkyl halides is 2. The Labute approximate surface area is 103 Å². The second-order valence-corrected chi connectivity index (χ2v) is 4.06. The van der Waals surface area contributed by atoms with E-state index in [-0.39, 0.29) is 5.56 Å². The van der Waals surface area contributed by atoms with Crippen molar-refractivity contribution in [1.82, 2.24) is 5.32 Å². The van der Waals surface area contributed by atoms with Crippen LogP contribution in [0.25, 0.3) is 0 Å². The van der Waals surface area contributed by atoms with E-state index >= 15 is 0 Å². The van der Waals surface area contributed by atoms with Gasteiger partial charge in [0.2, 0.25) is 0 Å². The summed E-state index contributed by atoms with van der Waals surface area (Å²) in [5.74, 6) is -3.68. The lowest BCUT2D eigenvalue weighted by Crippen LogP contribution is -2.41. The first kappa shape index (κ1) is 13.9. The van der Waals surface area contributed by atoms with Crippen LogP contribution in [0.5, 0.6) is 0 Å². The lowest BCUT2D eigenvalue weighted by Gasteiger charge is -2.15. The van der Waals surface area contributed by atoms with Gasteiger partial charge in [-0.25, -0.2) is 8.78 Å². The van der Waals surface area contributed by atoms with Crippen molar-refractivity contribution in [3.63, 3.8) is 0 Å². The molecule has 0 saturated carbocycles. The van der Waals surface area contributed by atoms with Gasteiger partial charge >= 0.3 is 0 Å². The molecule has 0 saturated heterocycles. The number of nitrogens with one attached hydrogen (secondary N) is 1. The molecule has 3 nitrogen and oxygen atoms in total. The van der Waals surface area contributed by atoms with Crippen LogP contribution in [0.4, 0.5) is 8.78 Å². The van der Waals surface area contributed by atoms with Gasteiger partial charge in [0.25, 0.3) is 11.8 Å². The Balaban J connectivity index is 2.74. The molecule has 0 aliphatic heterocycles. The first-order chi connectivity index (χ1) is 7.87.